The molecular formula is C5H6BrN3. The van der Waals surface area contributed by atoms with Gasteiger partial charge < -0.3 is 5.73 Å². The number of aryl methyl sites for hydroxylation is 1. The van der Waals surface area contributed by atoms with Crippen LogP contribution in [0.3, 0.4) is 0 Å². The van der Waals surface area contributed by atoms with Crippen LogP contribution < -0.4 is 5.73 Å². The Hall–Kier alpha value is -0.640. The number of rotatable bonds is 0. The minimum atomic E-state index is -2.23. The van der Waals surface area contributed by atoms with Crippen molar-refractivity contribution in [1.82, 2.24) is 9.97 Å². The number of anilines is 1. The molecule has 0 radical (unpaired) electrons. The Kier molecular flexibility index (Phi) is 0.899. The van der Waals surface area contributed by atoms with E-state index in [2.05, 4.69) is 25.9 Å². The van der Waals surface area contributed by atoms with Crippen molar-refractivity contribution in [1.29, 1.82) is 0 Å². The van der Waals surface area contributed by atoms with E-state index in [1.807, 2.05) is 0 Å². The van der Waals surface area contributed by atoms with Gasteiger partial charge in [-0.05, 0) is 22.8 Å². The van der Waals surface area contributed by atoms with E-state index >= 15 is 0 Å². The molecule has 1 rings (SSSR count). The highest BCUT2D eigenvalue weighted by Gasteiger charge is 1.95. The molecule has 0 saturated heterocycles. The van der Waals surface area contributed by atoms with Crippen LogP contribution >= 0.6 is 15.9 Å². The number of hydrogen-bond acceptors (Lipinski definition) is 3. The van der Waals surface area contributed by atoms with E-state index in [-0.39, 0.29) is 16.1 Å². The second-order valence-electron chi connectivity index (χ2n) is 1.43. The first-order valence-corrected chi connectivity index (χ1v) is 2.99. The fourth-order valence-corrected chi connectivity index (χ4v) is 0.669. The van der Waals surface area contributed by atoms with Crippen molar-refractivity contribution >= 4 is 21.7 Å². The zero-order valence-electron chi connectivity index (χ0n) is 7.43. The van der Waals surface area contributed by atoms with Crippen LogP contribution in [0.4, 0.5) is 5.82 Å². The quantitative estimate of drug-likeness (QED) is 0.668. The lowest BCUT2D eigenvalue weighted by atomic mass is 10.5. The number of nitrogen functional groups attached to an aromatic ring is 1. The number of aromatic nitrogens is 2. The molecule has 4 heteroatoms. The van der Waals surface area contributed by atoms with Crippen LogP contribution in [0.15, 0.2) is 10.8 Å². The van der Waals surface area contributed by atoms with Crippen LogP contribution in [0.2, 0.25) is 0 Å². The Morgan fingerprint density at radius 3 is 3.22 bits per heavy atom. The van der Waals surface area contributed by atoms with E-state index in [0.717, 1.165) is 6.20 Å². The van der Waals surface area contributed by atoms with Gasteiger partial charge in [0.1, 0.15) is 4.60 Å². The van der Waals surface area contributed by atoms with Crippen molar-refractivity contribution in [3.63, 3.8) is 0 Å². The van der Waals surface area contributed by atoms with E-state index < -0.39 is 6.85 Å². The average molecular weight is 191 g/mol. The summed E-state index contributed by atoms with van der Waals surface area (Å²) >= 11 is 2.99. The van der Waals surface area contributed by atoms with Crippen LogP contribution in [0.25, 0.3) is 0 Å². The van der Waals surface area contributed by atoms with Gasteiger partial charge in [-0.25, -0.2) is 9.97 Å². The fourth-order valence-electron chi connectivity index (χ4n) is 0.376. The van der Waals surface area contributed by atoms with Gasteiger partial charge in [-0.1, -0.05) is 0 Å². The molecule has 0 aromatic carbocycles. The molecular weight excluding hydrogens is 182 g/mol. The second-order valence-corrected chi connectivity index (χ2v) is 2.18. The van der Waals surface area contributed by atoms with Gasteiger partial charge in [0.25, 0.3) is 0 Å². The van der Waals surface area contributed by atoms with Crippen LogP contribution in [0.1, 0.15) is 9.81 Å². The lowest BCUT2D eigenvalue weighted by molar-refractivity contribution is 1.10. The summed E-state index contributed by atoms with van der Waals surface area (Å²) in [5, 5.41) is 0. The highest BCUT2D eigenvalue weighted by Crippen LogP contribution is 2.11. The molecule has 0 amide bonds. The molecule has 0 atom stereocenters. The SMILES string of the molecule is [2H]C([2H])([2H])c1cnc(N)c(Br)n1. The minimum Gasteiger partial charge on any atom is -0.381 e. The van der Waals surface area contributed by atoms with Crippen LogP contribution in [0.5, 0.6) is 0 Å². The summed E-state index contributed by atoms with van der Waals surface area (Å²) in [5.74, 6) is 0.183. The summed E-state index contributed by atoms with van der Waals surface area (Å²) in [6, 6.07) is 0. The van der Waals surface area contributed by atoms with Gasteiger partial charge in [0.15, 0.2) is 5.82 Å². The smallest absolute Gasteiger partial charge is 0.156 e. The van der Waals surface area contributed by atoms with Gasteiger partial charge in [-0.3, -0.25) is 0 Å². The molecule has 1 aromatic heterocycles. The largest absolute Gasteiger partial charge is 0.381 e. The van der Waals surface area contributed by atoms with Gasteiger partial charge in [-0.15, -0.1) is 0 Å². The molecule has 1 aromatic rings. The molecule has 0 aliphatic rings. The van der Waals surface area contributed by atoms with Gasteiger partial charge in [0.2, 0.25) is 0 Å². The van der Waals surface area contributed by atoms with Crippen molar-refractivity contribution in [2.75, 3.05) is 5.73 Å². The summed E-state index contributed by atoms with van der Waals surface area (Å²) in [4.78, 5) is 7.36. The molecule has 0 aliphatic carbocycles. The zero-order chi connectivity index (χ0) is 9.35. The van der Waals surface area contributed by atoms with Crippen molar-refractivity contribution in [2.24, 2.45) is 0 Å². The third-order valence-electron chi connectivity index (χ3n) is 0.756. The van der Waals surface area contributed by atoms with Gasteiger partial charge in [0, 0.05) is 4.11 Å². The maximum Gasteiger partial charge on any atom is 0.156 e. The minimum absolute atomic E-state index is 0.0661. The number of nitrogens with two attached hydrogens (primary N) is 1. The Morgan fingerprint density at radius 2 is 2.67 bits per heavy atom. The van der Waals surface area contributed by atoms with Crippen LogP contribution in [0, 0.1) is 6.85 Å². The third-order valence-corrected chi connectivity index (χ3v) is 1.34. The maximum absolute atomic E-state index is 7.01. The Labute approximate surface area is 65.7 Å². The molecule has 3 nitrogen and oxygen atoms in total. The predicted molar refractivity (Wildman–Crippen MR) is 38.9 cm³/mol. The normalized spacial score (nSPS) is 15.9. The molecule has 1 heterocycles. The van der Waals surface area contributed by atoms with Crippen LogP contribution in [-0.2, 0) is 0 Å². The molecule has 0 fully saturated rings. The molecule has 0 spiro atoms. The molecule has 9 heavy (non-hydrogen) atoms. The first kappa shape index (κ1) is 3.51. The summed E-state index contributed by atoms with van der Waals surface area (Å²) in [7, 11) is 0. The number of nitrogens with zero attached hydrogens (tertiary/aromatic N) is 2. The first-order valence-electron chi connectivity index (χ1n) is 3.70. The monoisotopic (exact) mass is 190 g/mol. The van der Waals surface area contributed by atoms with E-state index in [1.165, 1.54) is 0 Å². The fraction of sp³-hybridized carbons (Fsp3) is 0.200. The Morgan fingerprint density at radius 1 is 1.89 bits per heavy atom. The molecule has 0 bridgehead atoms. The summed E-state index contributed by atoms with van der Waals surface area (Å²) in [5.41, 5.74) is 5.26. The molecule has 0 unspecified atom stereocenters. The molecule has 0 aliphatic heterocycles. The maximum atomic E-state index is 7.01. The topological polar surface area (TPSA) is 51.8 Å². The summed E-state index contributed by atoms with van der Waals surface area (Å²) < 4.78 is 21.3. The number of halogens is 1. The predicted octanol–water partition coefficient (Wildman–Crippen LogP) is 1.13. The van der Waals surface area contributed by atoms with Gasteiger partial charge >= 0.3 is 0 Å². The summed E-state index contributed by atoms with van der Waals surface area (Å²) in [6.45, 7) is -2.23. The zero-order valence-corrected chi connectivity index (χ0v) is 6.01. The highest BCUT2D eigenvalue weighted by molar-refractivity contribution is 9.10. The number of hydrogen-bond donors (Lipinski definition) is 1. The Balaban J connectivity index is 3.14. The van der Waals surface area contributed by atoms with Crippen LogP contribution in [-0.4, -0.2) is 9.97 Å². The second kappa shape index (κ2) is 2.31. The van der Waals surface area contributed by atoms with E-state index in [1.54, 1.807) is 0 Å². The first-order chi connectivity index (χ1) is 5.41. The molecule has 0 saturated carbocycles. The summed E-state index contributed by atoms with van der Waals surface area (Å²) in [6.07, 6.45) is 1.15. The lowest BCUT2D eigenvalue weighted by Gasteiger charge is -1.94. The molecule has 2 N–H and O–H groups in total. The lowest BCUT2D eigenvalue weighted by Crippen LogP contribution is -1.94. The van der Waals surface area contributed by atoms with Gasteiger partial charge in [0.05, 0.1) is 11.9 Å². The van der Waals surface area contributed by atoms with Crippen molar-refractivity contribution in [3.8, 4) is 0 Å². The third kappa shape index (κ3) is 1.38. The van der Waals surface area contributed by atoms with E-state index in [4.69, 9.17) is 9.85 Å². The van der Waals surface area contributed by atoms with Crippen molar-refractivity contribution < 1.29 is 4.11 Å². The average Bonchev–Trinajstić information content (AvgIpc) is 1.92. The van der Waals surface area contributed by atoms with E-state index in [0.29, 0.717) is 0 Å². The standard InChI is InChI=1S/C5H6BrN3/c1-3-2-8-5(7)4(6)9-3/h2H,1H3,(H2,7,8)/i1D3. The van der Waals surface area contributed by atoms with Crippen molar-refractivity contribution in [3.05, 3.63) is 16.5 Å². The Bertz CT molecular complexity index is 298. The van der Waals surface area contributed by atoms with E-state index in [9.17, 15) is 0 Å². The van der Waals surface area contributed by atoms with Gasteiger partial charge in [-0.2, -0.15) is 0 Å². The molecule has 48 valence electrons. The van der Waals surface area contributed by atoms with Crippen molar-refractivity contribution in [2.45, 2.75) is 6.85 Å². The highest BCUT2D eigenvalue weighted by atomic mass is 79.9.